The lowest BCUT2D eigenvalue weighted by Crippen LogP contribution is -2.14. The number of hydrogen-bond donors (Lipinski definition) is 2. The Balaban J connectivity index is 2.30. The first kappa shape index (κ1) is 16.0. The molecule has 0 saturated carbocycles. The maximum absolute atomic E-state index is 12.0. The number of pyridine rings is 1. The molecule has 0 bridgehead atoms. The Kier molecular flexibility index (Phi) is 5.91. The molecule has 1 aromatic carbocycles. The van der Waals surface area contributed by atoms with Crippen molar-refractivity contribution in [1.82, 2.24) is 4.98 Å². The minimum atomic E-state index is -0.0516. The SMILES string of the molecule is CCOc1ccc(-c2cccnc2)c(NC(=O)CCCN)c1. The Bertz CT molecular complexity index is 615. The van der Waals surface area contributed by atoms with Gasteiger partial charge in [0.05, 0.1) is 12.3 Å². The summed E-state index contributed by atoms with van der Waals surface area (Å²) in [6.07, 6.45) is 4.56. The standard InChI is InChI=1S/C17H21N3O2/c1-2-22-14-7-8-15(13-5-4-10-19-12-13)16(11-14)20-17(21)6-3-9-18/h4-5,7-8,10-12H,2-3,6,9,18H2,1H3,(H,20,21). The number of anilines is 1. The van der Waals surface area contributed by atoms with Crippen LogP contribution in [0.25, 0.3) is 11.1 Å². The van der Waals surface area contributed by atoms with Gasteiger partial charge in [-0.2, -0.15) is 0 Å². The summed E-state index contributed by atoms with van der Waals surface area (Å²) in [5.41, 5.74) is 8.03. The van der Waals surface area contributed by atoms with Gasteiger partial charge in [-0.1, -0.05) is 6.07 Å². The quantitative estimate of drug-likeness (QED) is 0.824. The number of hydrogen-bond acceptors (Lipinski definition) is 4. The number of carbonyl (C=O) groups excluding carboxylic acids is 1. The molecule has 0 radical (unpaired) electrons. The zero-order valence-corrected chi connectivity index (χ0v) is 12.7. The predicted molar refractivity (Wildman–Crippen MR) is 87.8 cm³/mol. The van der Waals surface area contributed by atoms with E-state index in [9.17, 15) is 4.79 Å². The molecule has 0 aliphatic heterocycles. The van der Waals surface area contributed by atoms with Crippen molar-refractivity contribution in [3.05, 3.63) is 42.7 Å². The highest BCUT2D eigenvalue weighted by Crippen LogP contribution is 2.31. The number of amides is 1. The molecule has 1 heterocycles. The van der Waals surface area contributed by atoms with Crippen LogP contribution in [0.5, 0.6) is 5.75 Å². The van der Waals surface area contributed by atoms with Crippen LogP contribution < -0.4 is 15.8 Å². The minimum Gasteiger partial charge on any atom is -0.494 e. The van der Waals surface area contributed by atoms with Crippen LogP contribution in [0.1, 0.15) is 19.8 Å². The van der Waals surface area contributed by atoms with Crippen LogP contribution in [0.2, 0.25) is 0 Å². The molecule has 0 fully saturated rings. The average molecular weight is 299 g/mol. The Morgan fingerprint density at radius 1 is 1.36 bits per heavy atom. The second-order valence-electron chi connectivity index (χ2n) is 4.82. The van der Waals surface area contributed by atoms with E-state index in [4.69, 9.17) is 10.5 Å². The Morgan fingerprint density at radius 3 is 2.91 bits per heavy atom. The van der Waals surface area contributed by atoms with E-state index < -0.39 is 0 Å². The first-order valence-electron chi connectivity index (χ1n) is 7.41. The molecule has 0 spiro atoms. The van der Waals surface area contributed by atoms with E-state index in [-0.39, 0.29) is 5.91 Å². The minimum absolute atomic E-state index is 0.0516. The van der Waals surface area contributed by atoms with Gasteiger partial charge in [-0.05, 0) is 38.1 Å². The normalized spacial score (nSPS) is 10.3. The highest BCUT2D eigenvalue weighted by Gasteiger charge is 2.10. The van der Waals surface area contributed by atoms with Crippen molar-refractivity contribution in [2.75, 3.05) is 18.5 Å². The second-order valence-corrected chi connectivity index (χ2v) is 4.82. The molecule has 0 atom stereocenters. The molecule has 5 heteroatoms. The van der Waals surface area contributed by atoms with Crippen molar-refractivity contribution >= 4 is 11.6 Å². The van der Waals surface area contributed by atoms with Crippen molar-refractivity contribution in [2.45, 2.75) is 19.8 Å². The molecule has 1 amide bonds. The molecule has 5 nitrogen and oxygen atoms in total. The van der Waals surface area contributed by atoms with Crippen LogP contribution in [-0.2, 0) is 4.79 Å². The second kappa shape index (κ2) is 8.14. The molecule has 0 aliphatic carbocycles. The highest BCUT2D eigenvalue weighted by atomic mass is 16.5. The van der Waals surface area contributed by atoms with Gasteiger partial charge in [-0.15, -0.1) is 0 Å². The number of benzene rings is 1. The molecule has 0 unspecified atom stereocenters. The predicted octanol–water partition coefficient (Wildman–Crippen LogP) is 2.82. The van der Waals surface area contributed by atoms with Crippen LogP contribution in [0, 0.1) is 0 Å². The number of rotatable bonds is 7. The summed E-state index contributed by atoms with van der Waals surface area (Å²) in [5, 5.41) is 2.94. The van der Waals surface area contributed by atoms with E-state index in [1.165, 1.54) is 0 Å². The summed E-state index contributed by atoms with van der Waals surface area (Å²) >= 11 is 0. The molecule has 2 aromatic rings. The average Bonchev–Trinajstić information content (AvgIpc) is 2.54. The molecule has 3 N–H and O–H groups in total. The maximum Gasteiger partial charge on any atom is 0.224 e. The van der Waals surface area contributed by atoms with Gasteiger partial charge >= 0.3 is 0 Å². The lowest BCUT2D eigenvalue weighted by molar-refractivity contribution is -0.116. The number of nitrogens with two attached hydrogens (primary N) is 1. The Labute approximate surface area is 130 Å². The fourth-order valence-corrected chi connectivity index (χ4v) is 2.13. The van der Waals surface area contributed by atoms with E-state index in [1.807, 2.05) is 37.3 Å². The first-order chi connectivity index (χ1) is 10.7. The van der Waals surface area contributed by atoms with Crippen molar-refractivity contribution in [2.24, 2.45) is 5.73 Å². The Hall–Kier alpha value is -2.40. The van der Waals surface area contributed by atoms with Gasteiger partial charge in [-0.3, -0.25) is 9.78 Å². The van der Waals surface area contributed by atoms with E-state index in [0.717, 1.165) is 22.6 Å². The number of nitrogens with zero attached hydrogens (tertiary/aromatic N) is 1. The van der Waals surface area contributed by atoms with E-state index >= 15 is 0 Å². The molecule has 116 valence electrons. The van der Waals surface area contributed by atoms with E-state index in [2.05, 4.69) is 10.3 Å². The van der Waals surface area contributed by atoms with Crippen molar-refractivity contribution < 1.29 is 9.53 Å². The topological polar surface area (TPSA) is 77.2 Å². The summed E-state index contributed by atoms with van der Waals surface area (Å²) in [5.74, 6) is 0.675. The summed E-state index contributed by atoms with van der Waals surface area (Å²) < 4.78 is 5.51. The number of ether oxygens (including phenoxy) is 1. The van der Waals surface area contributed by atoms with Crippen LogP contribution in [0.4, 0.5) is 5.69 Å². The molecule has 1 aromatic heterocycles. The van der Waals surface area contributed by atoms with Gasteiger partial charge in [0.25, 0.3) is 0 Å². The highest BCUT2D eigenvalue weighted by molar-refractivity contribution is 5.95. The lowest BCUT2D eigenvalue weighted by atomic mass is 10.0. The van der Waals surface area contributed by atoms with Crippen molar-refractivity contribution in [3.63, 3.8) is 0 Å². The summed E-state index contributed by atoms with van der Waals surface area (Å²) in [6.45, 7) is 3.00. The van der Waals surface area contributed by atoms with Gasteiger partial charge in [0.2, 0.25) is 5.91 Å². The largest absolute Gasteiger partial charge is 0.494 e. The van der Waals surface area contributed by atoms with Crippen molar-refractivity contribution in [1.29, 1.82) is 0 Å². The molecular weight excluding hydrogens is 278 g/mol. The molecular formula is C17H21N3O2. The molecule has 22 heavy (non-hydrogen) atoms. The van der Waals surface area contributed by atoms with Crippen LogP contribution >= 0.6 is 0 Å². The zero-order chi connectivity index (χ0) is 15.8. The fraction of sp³-hybridized carbons (Fsp3) is 0.294. The fourth-order valence-electron chi connectivity index (χ4n) is 2.13. The number of carbonyl (C=O) groups is 1. The number of aromatic nitrogens is 1. The van der Waals surface area contributed by atoms with E-state index in [1.54, 1.807) is 12.4 Å². The number of nitrogens with one attached hydrogen (secondary N) is 1. The summed E-state index contributed by atoms with van der Waals surface area (Å²) in [7, 11) is 0. The van der Waals surface area contributed by atoms with Gasteiger partial charge in [-0.25, -0.2) is 0 Å². The summed E-state index contributed by atoms with van der Waals surface area (Å²) in [4.78, 5) is 16.1. The molecule has 0 saturated heterocycles. The van der Waals surface area contributed by atoms with Gasteiger partial charge in [0.15, 0.2) is 0 Å². The first-order valence-corrected chi connectivity index (χ1v) is 7.41. The summed E-state index contributed by atoms with van der Waals surface area (Å²) in [6, 6.07) is 9.48. The third kappa shape index (κ3) is 4.30. The smallest absolute Gasteiger partial charge is 0.224 e. The maximum atomic E-state index is 12.0. The van der Waals surface area contributed by atoms with E-state index in [0.29, 0.717) is 26.0 Å². The van der Waals surface area contributed by atoms with Crippen LogP contribution in [-0.4, -0.2) is 24.0 Å². The van der Waals surface area contributed by atoms with Gasteiger partial charge < -0.3 is 15.8 Å². The van der Waals surface area contributed by atoms with Crippen molar-refractivity contribution in [3.8, 4) is 16.9 Å². The third-order valence-corrected chi connectivity index (χ3v) is 3.16. The Morgan fingerprint density at radius 2 is 2.23 bits per heavy atom. The molecule has 2 rings (SSSR count). The monoisotopic (exact) mass is 299 g/mol. The van der Waals surface area contributed by atoms with Gasteiger partial charge in [0, 0.05) is 36.0 Å². The third-order valence-electron chi connectivity index (χ3n) is 3.16. The van der Waals surface area contributed by atoms with Crippen LogP contribution in [0.3, 0.4) is 0 Å². The van der Waals surface area contributed by atoms with Gasteiger partial charge in [0.1, 0.15) is 5.75 Å². The van der Waals surface area contributed by atoms with Crippen LogP contribution in [0.15, 0.2) is 42.7 Å². The molecule has 0 aliphatic rings. The lowest BCUT2D eigenvalue weighted by Gasteiger charge is -2.13. The zero-order valence-electron chi connectivity index (χ0n) is 12.7.